The Kier molecular flexibility index (Phi) is 8.72. The zero-order valence-electron chi connectivity index (χ0n) is 24.5. The lowest BCUT2D eigenvalue weighted by molar-refractivity contribution is -0.142. The van der Waals surface area contributed by atoms with Crippen LogP contribution in [0.3, 0.4) is 0 Å². The van der Waals surface area contributed by atoms with Gasteiger partial charge in [-0.2, -0.15) is 0 Å². The number of benzene rings is 1. The zero-order chi connectivity index (χ0) is 28.3. The Balaban J connectivity index is 1.32. The standard InChI is InChI=1S/C32H44N4O5/c1-3-41-30(37)13-12-28(34-39-2)31-32(38)36(29-11-7-6-10-27(29)33-31)24-17-25-19-40-20-26(18-24)35(25)23-15-21-8-4-5-9-22(14-21)16-23/h6-7,10-11,21-26H,3-5,8-9,12-20H2,1-2H3/b34-28+/t21?,22?,23?,24-,25-,26+. The van der Waals surface area contributed by atoms with Gasteiger partial charge in [0.2, 0.25) is 0 Å². The molecule has 5 atom stereocenters. The van der Waals surface area contributed by atoms with E-state index in [2.05, 4.69) is 10.1 Å². The van der Waals surface area contributed by atoms with Gasteiger partial charge in [-0.3, -0.25) is 14.5 Å². The van der Waals surface area contributed by atoms with Crippen LogP contribution in [0, 0.1) is 11.8 Å². The first-order valence-electron chi connectivity index (χ1n) is 15.7. The minimum Gasteiger partial charge on any atom is -0.466 e. The first-order chi connectivity index (χ1) is 20.1. The third kappa shape index (κ3) is 5.93. The van der Waals surface area contributed by atoms with Gasteiger partial charge in [-0.25, -0.2) is 4.98 Å². The number of para-hydroxylation sites is 2. The van der Waals surface area contributed by atoms with Gasteiger partial charge in [0.1, 0.15) is 12.8 Å². The average Bonchev–Trinajstić information content (AvgIpc) is 3.13. The fourth-order valence-corrected chi connectivity index (χ4v) is 8.31. The summed E-state index contributed by atoms with van der Waals surface area (Å²) in [5.41, 5.74) is 2.02. The van der Waals surface area contributed by atoms with Gasteiger partial charge in [-0.15, -0.1) is 0 Å². The lowest BCUT2D eigenvalue weighted by Gasteiger charge is -2.54. The van der Waals surface area contributed by atoms with Crippen molar-refractivity contribution in [3.05, 3.63) is 40.3 Å². The summed E-state index contributed by atoms with van der Waals surface area (Å²) in [7, 11) is 1.45. The molecule has 4 bridgehead atoms. The van der Waals surface area contributed by atoms with Crippen LogP contribution in [0.2, 0.25) is 0 Å². The number of carbonyl (C=O) groups is 1. The zero-order valence-corrected chi connectivity index (χ0v) is 24.5. The maximum absolute atomic E-state index is 14.2. The van der Waals surface area contributed by atoms with Crippen LogP contribution < -0.4 is 5.56 Å². The summed E-state index contributed by atoms with van der Waals surface area (Å²) in [6.45, 7) is 3.53. The molecule has 2 aromatic rings. The van der Waals surface area contributed by atoms with Crippen LogP contribution in [0.5, 0.6) is 0 Å². The predicted octanol–water partition coefficient (Wildman–Crippen LogP) is 4.85. The second-order valence-corrected chi connectivity index (χ2v) is 12.4. The Hall–Kier alpha value is -2.78. The molecule has 4 aliphatic rings. The van der Waals surface area contributed by atoms with Crippen molar-refractivity contribution in [2.45, 2.75) is 102 Å². The van der Waals surface area contributed by atoms with Gasteiger partial charge in [-0.1, -0.05) is 43.0 Å². The van der Waals surface area contributed by atoms with Crippen molar-refractivity contribution in [2.24, 2.45) is 17.0 Å². The number of oxime groups is 1. The number of piperidine rings is 1. The van der Waals surface area contributed by atoms with Crippen LogP contribution >= 0.6 is 0 Å². The lowest BCUT2D eigenvalue weighted by atomic mass is 9.75. The van der Waals surface area contributed by atoms with E-state index < -0.39 is 0 Å². The highest BCUT2D eigenvalue weighted by Crippen LogP contribution is 2.44. The summed E-state index contributed by atoms with van der Waals surface area (Å²) in [5, 5.41) is 4.15. The van der Waals surface area contributed by atoms with Gasteiger partial charge in [0.15, 0.2) is 5.69 Å². The molecule has 1 aromatic heterocycles. The first-order valence-corrected chi connectivity index (χ1v) is 15.7. The maximum Gasteiger partial charge on any atom is 0.306 e. The van der Waals surface area contributed by atoms with E-state index in [0.29, 0.717) is 30.4 Å². The number of morpholine rings is 1. The number of esters is 1. The number of aromatic nitrogens is 2. The number of fused-ring (bicyclic) bond motifs is 5. The number of rotatable bonds is 8. The molecule has 41 heavy (non-hydrogen) atoms. The fraction of sp³-hybridized carbons (Fsp3) is 0.688. The van der Waals surface area contributed by atoms with E-state index in [0.717, 1.165) is 48.9 Å². The summed E-state index contributed by atoms with van der Waals surface area (Å²) < 4.78 is 13.2. The second kappa shape index (κ2) is 12.6. The highest BCUT2D eigenvalue weighted by molar-refractivity contribution is 6.00. The molecule has 9 heteroatoms. The van der Waals surface area contributed by atoms with Gasteiger partial charge in [0, 0.05) is 30.6 Å². The molecule has 3 heterocycles. The van der Waals surface area contributed by atoms with Crippen LogP contribution in [-0.2, 0) is 19.1 Å². The molecule has 9 nitrogen and oxygen atoms in total. The minimum absolute atomic E-state index is 0.0315. The van der Waals surface area contributed by atoms with Gasteiger partial charge in [-0.05, 0) is 63.0 Å². The van der Waals surface area contributed by atoms with Crippen molar-refractivity contribution in [3.8, 4) is 0 Å². The van der Waals surface area contributed by atoms with Crippen molar-refractivity contribution in [1.82, 2.24) is 14.5 Å². The van der Waals surface area contributed by atoms with Gasteiger partial charge < -0.3 is 18.9 Å². The summed E-state index contributed by atoms with van der Waals surface area (Å²) in [6.07, 6.45) is 11.7. The average molecular weight is 565 g/mol. The van der Waals surface area contributed by atoms with E-state index in [1.807, 2.05) is 28.8 Å². The molecular formula is C32H44N4O5. The molecule has 2 aliphatic carbocycles. The number of hydrogen-bond donors (Lipinski definition) is 0. The quantitative estimate of drug-likeness (QED) is 0.257. The molecule has 2 aliphatic heterocycles. The highest BCUT2D eigenvalue weighted by atomic mass is 16.6. The fourth-order valence-electron chi connectivity index (χ4n) is 8.31. The van der Waals surface area contributed by atoms with Gasteiger partial charge in [0.05, 0.1) is 37.3 Å². The highest BCUT2D eigenvalue weighted by Gasteiger charge is 2.46. The van der Waals surface area contributed by atoms with E-state index in [9.17, 15) is 9.59 Å². The Morgan fingerprint density at radius 1 is 0.976 bits per heavy atom. The summed E-state index contributed by atoms with van der Waals surface area (Å²) >= 11 is 0. The molecule has 0 spiro atoms. The second-order valence-electron chi connectivity index (χ2n) is 12.4. The Bertz CT molecular complexity index is 1300. The SMILES string of the molecule is CCOC(=O)CC/C(=N\OC)c1nc2ccccc2n([C@H]2C[C@H]3COC[C@@H](C2)N3C2CC3CCCCC(C3)C2)c1=O. The normalized spacial score (nSPS) is 30.5. The largest absolute Gasteiger partial charge is 0.466 e. The lowest BCUT2D eigenvalue weighted by Crippen LogP contribution is -2.62. The van der Waals surface area contributed by atoms with Gasteiger partial charge in [0.25, 0.3) is 5.56 Å². The van der Waals surface area contributed by atoms with E-state index in [1.165, 1.54) is 52.1 Å². The van der Waals surface area contributed by atoms with E-state index in [-0.39, 0.29) is 36.1 Å². The third-order valence-corrected chi connectivity index (χ3v) is 9.83. The van der Waals surface area contributed by atoms with Crippen molar-refractivity contribution in [1.29, 1.82) is 0 Å². The Morgan fingerprint density at radius 2 is 1.68 bits per heavy atom. The first kappa shape index (κ1) is 28.3. The Morgan fingerprint density at radius 3 is 2.37 bits per heavy atom. The molecule has 6 rings (SSSR count). The monoisotopic (exact) mass is 564 g/mol. The molecule has 222 valence electrons. The smallest absolute Gasteiger partial charge is 0.306 e. The van der Waals surface area contributed by atoms with E-state index in [4.69, 9.17) is 19.3 Å². The maximum atomic E-state index is 14.2. The van der Waals surface area contributed by atoms with Gasteiger partial charge >= 0.3 is 5.97 Å². The molecule has 1 aromatic carbocycles. The summed E-state index contributed by atoms with van der Waals surface area (Å²) in [4.78, 5) is 39.0. The number of carbonyl (C=O) groups excluding carboxylic acids is 1. The summed E-state index contributed by atoms with van der Waals surface area (Å²) in [5.74, 6) is 1.39. The van der Waals surface area contributed by atoms with Crippen LogP contribution in [0.1, 0.15) is 89.3 Å². The molecule has 4 fully saturated rings. The van der Waals surface area contributed by atoms with E-state index in [1.54, 1.807) is 6.92 Å². The van der Waals surface area contributed by atoms with Crippen LogP contribution in [0.15, 0.2) is 34.2 Å². The molecular weight excluding hydrogens is 520 g/mol. The number of hydrogen-bond acceptors (Lipinski definition) is 8. The van der Waals surface area contributed by atoms with Crippen LogP contribution in [-0.4, -0.2) is 71.2 Å². The third-order valence-electron chi connectivity index (χ3n) is 9.83. The van der Waals surface area contributed by atoms with Crippen LogP contribution in [0.4, 0.5) is 0 Å². The molecule has 0 radical (unpaired) electrons. The number of nitrogens with zero attached hydrogens (tertiary/aromatic N) is 4. The number of ether oxygens (including phenoxy) is 2. The van der Waals surface area contributed by atoms with Crippen molar-refractivity contribution >= 4 is 22.7 Å². The topological polar surface area (TPSA) is 95.2 Å². The molecule has 2 unspecified atom stereocenters. The van der Waals surface area contributed by atoms with Crippen molar-refractivity contribution in [3.63, 3.8) is 0 Å². The summed E-state index contributed by atoms with van der Waals surface area (Å²) in [6, 6.07) is 9.09. The molecule has 0 N–H and O–H groups in total. The molecule has 0 amide bonds. The molecule has 2 saturated heterocycles. The Labute approximate surface area is 242 Å². The van der Waals surface area contributed by atoms with Crippen molar-refractivity contribution in [2.75, 3.05) is 26.9 Å². The van der Waals surface area contributed by atoms with Crippen LogP contribution in [0.25, 0.3) is 11.0 Å². The van der Waals surface area contributed by atoms with Crippen molar-refractivity contribution < 1.29 is 19.1 Å². The molecule has 2 saturated carbocycles. The minimum atomic E-state index is -0.333. The predicted molar refractivity (Wildman–Crippen MR) is 157 cm³/mol. The van der Waals surface area contributed by atoms with E-state index >= 15 is 0 Å².